The normalized spacial score (nSPS) is 10.9. The van der Waals surface area contributed by atoms with Gasteiger partial charge >= 0.3 is 0 Å². The summed E-state index contributed by atoms with van der Waals surface area (Å²) >= 11 is 5.93. The van der Waals surface area contributed by atoms with Crippen LogP contribution >= 0.6 is 11.6 Å². The summed E-state index contributed by atoms with van der Waals surface area (Å²) in [6.07, 6.45) is 1.70. The van der Waals surface area contributed by atoms with Crippen molar-refractivity contribution in [2.45, 2.75) is 0 Å². The van der Waals surface area contributed by atoms with E-state index < -0.39 is 0 Å². The Labute approximate surface area is 122 Å². The first kappa shape index (κ1) is 14.0. The van der Waals surface area contributed by atoms with E-state index in [2.05, 4.69) is 6.07 Å². The molecular weight excluding hydrogens is 274 g/mol. The molecule has 0 aliphatic heterocycles. The fourth-order valence-corrected chi connectivity index (χ4v) is 2.02. The van der Waals surface area contributed by atoms with E-state index in [1.54, 1.807) is 18.2 Å². The van der Waals surface area contributed by atoms with Crippen LogP contribution in [0.5, 0.6) is 11.5 Å². The topological polar surface area (TPSA) is 53.2 Å². The second-order valence-corrected chi connectivity index (χ2v) is 4.50. The predicted octanol–water partition coefficient (Wildman–Crippen LogP) is 4.12. The van der Waals surface area contributed by atoms with Gasteiger partial charge in [0, 0.05) is 0 Å². The molecule has 0 amide bonds. The van der Waals surface area contributed by atoms with Crippen molar-refractivity contribution in [1.82, 2.24) is 0 Å². The van der Waals surface area contributed by atoms with Gasteiger partial charge in [-0.3, -0.25) is 0 Å². The van der Waals surface area contributed by atoms with Gasteiger partial charge in [0.15, 0.2) is 11.5 Å². The van der Waals surface area contributed by atoms with Gasteiger partial charge in [0.25, 0.3) is 0 Å². The number of ether oxygens (including phenoxy) is 1. The molecule has 100 valence electrons. The molecular formula is C16H12ClNO2. The lowest BCUT2D eigenvalue weighted by molar-refractivity contribution is 0.373. The van der Waals surface area contributed by atoms with Crippen molar-refractivity contribution in [1.29, 1.82) is 5.26 Å². The molecule has 0 aliphatic rings. The number of nitriles is 1. The molecule has 2 aromatic rings. The van der Waals surface area contributed by atoms with Crippen LogP contribution in [0.2, 0.25) is 5.02 Å². The third kappa shape index (κ3) is 2.93. The predicted molar refractivity (Wildman–Crippen MR) is 79.6 cm³/mol. The molecule has 20 heavy (non-hydrogen) atoms. The van der Waals surface area contributed by atoms with Crippen molar-refractivity contribution in [2.24, 2.45) is 0 Å². The van der Waals surface area contributed by atoms with E-state index in [-0.39, 0.29) is 16.5 Å². The molecule has 0 aliphatic carbocycles. The molecule has 3 nitrogen and oxygen atoms in total. The maximum atomic E-state index is 9.69. The summed E-state index contributed by atoms with van der Waals surface area (Å²) in [5.41, 5.74) is 2.01. The Balaban J connectivity index is 2.49. The molecule has 2 aromatic carbocycles. The van der Waals surface area contributed by atoms with Gasteiger partial charge in [-0.15, -0.1) is 0 Å². The molecule has 0 radical (unpaired) electrons. The number of nitrogens with zero attached hydrogens (tertiary/aromatic N) is 1. The summed E-state index contributed by atoms with van der Waals surface area (Å²) in [6, 6.07) is 14.7. The largest absolute Gasteiger partial charge is 0.503 e. The highest BCUT2D eigenvalue weighted by Gasteiger charge is 2.09. The lowest BCUT2D eigenvalue weighted by atomic mass is 10.0. The molecule has 0 fully saturated rings. The third-order valence-corrected chi connectivity index (χ3v) is 3.08. The number of hydrogen-bond donors (Lipinski definition) is 1. The van der Waals surface area contributed by atoms with Crippen LogP contribution in [0.25, 0.3) is 11.6 Å². The van der Waals surface area contributed by atoms with Crippen LogP contribution in [-0.4, -0.2) is 12.2 Å². The van der Waals surface area contributed by atoms with Gasteiger partial charge < -0.3 is 9.84 Å². The minimum Gasteiger partial charge on any atom is -0.503 e. The van der Waals surface area contributed by atoms with E-state index >= 15 is 0 Å². The Kier molecular flexibility index (Phi) is 4.29. The molecule has 0 spiro atoms. The zero-order valence-electron chi connectivity index (χ0n) is 10.8. The number of phenols is 1. The van der Waals surface area contributed by atoms with Crippen LogP contribution < -0.4 is 4.74 Å². The summed E-state index contributed by atoms with van der Waals surface area (Å²) < 4.78 is 5.04. The molecule has 0 saturated carbocycles. The Morgan fingerprint density at radius 2 is 2.00 bits per heavy atom. The fraction of sp³-hybridized carbons (Fsp3) is 0.0625. The van der Waals surface area contributed by atoms with E-state index in [0.29, 0.717) is 11.1 Å². The van der Waals surface area contributed by atoms with E-state index in [0.717, 1.165) is 5.56 Å². The van der Waals surface area contributed by atoms with Crippen molar-refractivity contribution in [3.05, 3.63) is 58.6 Å². The van der Waals surface area contributed by atoms with Gasteiger partial charge in [-0.05, 0) is 29.3 Å². The number of methoxy groups -OCH3 is 1. The Morgan fingerprint density at radius 1 is 1.30 bits per heavy atom. The minimum atomic E-state index is -0.107. The molecule has 2 rings (SSSR count). The van der Waals surface area contributed by atoms with Gasteiger partial charge in [0.2, 0.25) is 0 Å². The first-order valence-electron chi connectivity index (χ1n) is 5.89. The third-order valence-electron chi connectivity index (χ3n) is 2.79. The van der Waals surface area contributed by atoms with Crippen molar-refractivity contribution in [3.63, 3.8) is 0 Å². The Bertz CT molecular complexity index is 688. The van der Waals surface area contributed by atoms with Gasteiger partial charge in [-0.1, -0.05) is 41.9 Å². The Morgan fingerprint density at radius 3 is 2.60 bits per heavy atom. The summed E-state index contributed by atoms with van der Waals surface area (Å²) in [5, 5.41) is 19.1. The van der Waals surface area contributed by atoms with Crippen LogP contribution in [-0.2, 0) is 0 Å². The van der Waals surface area contributed by atoms with Crippen LogP contribution in [0.3, 0.4) is 0 Å². The first-order valence-corrected chi connectivity index (χ1v) is 6.27. The van der Waals surface area contributed by atoms with Gasteiger partial charge in [-0.2, -0.15) is 5.26 Å². The van der Waals surface area contributed by atoms with Crippen molar-refractivity contribution >= 4 is 23.3 Å². The zero-order valence-corrected chi connectivity index (χ0v) is 11.6. The van der Waals surface area contributed by atoms with Gasteiger partial charge in [0.05, 0.1) is 23.8 Å². The minimum absolute atomic E-state index is 0.107. The average Bonchev–Trinajstić information content (AvgIpc) is 2.49. The lowest BCUT2D eigenvalue weighted by Crippen LogP contribution is -1.87. The molecule has 0 unspecified atom stereocenters. The number of allylic oxidation sites excluding steroid dienone is 1. The van der Waals surface area contributed by atoms with Crippen LogP contribution in [0.1, 0.15) is 11.1 Å². The first-order chi connectivity index (χ1) is 9.65. The standard InChI is InChI=1S/C16H12ClNO2/c1-20-15-9-11(8-14(17)16(15)19)7-13(10-18)12-5-3-2-4-6-12/h2-9,19H,1H3/b13-7-. The molecule has 0 aromatic heterocycles. The number of benzene rings is 2. The molecule has 4 heteroatoms. The van der Waals surface area contributed by atoms with Crippen molar-refractivity contribution in [3.8, 4) is 17.6 Å². The van der Waals surface area contributed by atoms with E-state index in [9.17, 15) is 10.4 Å². The smallest absolute Gasteiger partial charge is 0.176 e. The Hall–Kier alpha value is -2.44. The molecule has 0 bridgehead atoms. The van der Waals surface area contributed by atoms with E-state index in [1.165, 1.54) is 7.11 Å². The highest BCUT2D eigenvalue weighted by molar-refractivity contribution is 6.32. The van der Waals surface area contributed by atoms with Gasteiger partial charge in [-0.25, -0.2) is 0 Å². The monoisotopic (exact) mass is 285 g/mol. The van der Waals surface area contributed by atoms with Crippen LogP contribution in [0.15, 0.2) is 42.5 Å². The lowest BCUT2D eigenvalue weighted by Gasteiger charge is -2.07. The number of rotatable bonds is 3. The van der Waals surface area contributed by atoms with Crippen molar-refractivity contribution < 1.29 is 9.84 Å². The number of hydrogen-bond acceptors (Lipinski definition) is 3. The highest BCUT2D eigenvalue weighted by atomic mass is 35.5. The maximum Gasteiger partial charge on any atom is 0.176 e. The van der Waals surface area contributed by atoms with Crippen LogP contribution in [0.4, 0.5) is 0 Å². The fourth-order valence-electron chi connectivity index (χ4n) is 1.80. The van der Waals surface area contributed by atoms with Crippen molar-refractivity contribution in [2.75, 3.05) is 7.11 Å². The second-order valence-electron chi connectivity index (χ2n) is 4.09. The number of phenolic OH excluding ortho intramolecular Hbond substituents is 1. The summed E-state index contributed by atoms with van der Waals surface area (Å²) in [6.45, 7) is 0. The quantitative estimate of drug-likeness (QED) is 0.682. The molecule has 1 N–H and O–H groups in total. The van der Waals surface area contributed by atoms with E-state index in [4.69, 9.17) is 16.3 Å². The molecule has 0 heterocycles. The van der Waals surface area contributed by atoms with Gasteiger partial charge in [0.1, 0.15) is 0 Å². The van der Waals surface area contributed by atoms with Crippen LogP contribution in [0, 0.1) is 11.3 Å². The SMILES string of the molecule is COc1cc(/C=C(/C#N)c2ccccc2)cc(Cl)c1O. The maximum absolute atomic E-state index is 9.69. The number of halogens is 1. The molecule has 0 saturated heterocycles. The second kappa shape index (κ2) is 6.14. The van der Waals surface area contributed by atoms with E-state index in [1.807, 2.05) is 30.3 Å². The highest BCUT2D eigenvalue weighted by Crippen LogP contribution is 2.35. The number of aromatic hydroxyl groups is 1. The summed E-state index contributed by atoms with van der Waals surface area (Å²) in [4.78, 5) is 0. The zero-order chi connectivity index (χ0) is 14.5. The summed E-state index contributed by atoms with van der Waals surface area (Å²) in [7, 11) is 1.45. The summed E-state index contributed by atoms with van der Waals surface area (Å²) in [5.74, 6) is 0.165. The molecule has 0 atom stereocenters. The average molecular weight is 286 g/mol.